The van der Waals surface area contributed by atoms with E-state index >= 15 is 0 Å². The average molecular weight is 358 g/mol. The molecule has 1 N–H and O–H groups in total. The lowest BCUT2D eigenvalue weighted by Gasteiger charge is -2.31. The van der Waals surface area contributed by atoms with E-state index in [4.69, 9.17) is 4.74 Å². The maximum Gasteiger partial charge on any atom is 0.573 e. The van der Waals surface area contributed by atoms with E-state index in [1.165, 1.54) is 19.2 Å². The summed E-state index contributed by atoms with van der Waals surface area (Å²) in [6.07, 6.45) is -2.83. The van der Waals surface area contributed by atoms with Crippen molar-refractivity contribution in [2.75, 3.05) is 39.8 Å². The Morgan fingerprint density at radius 3 is 2.56 bits per heavy atom. The van der Waals surface area contributed by atoms with Crippen LogP contribution < -0.4 is 10.1 Å². The van der Waals surface area contributed by atoms with Crippen molar-refractivity contribution in [1.29, 1.82) is 0 Å². The van der Waals surface area contributed by atoms with Crippen molar-refractivity contribution >= 4 is 0 Å². The number of halogens is 3. The molecule has 0 bridgehead atoms. The fraction of sp³-hybridized carbons (Fsp3) is 0.556. The molecule has 0 aromatic heterocycles. The molecule has 140 valence electrons. The Balaban J connectivity index is 2.21. The van der Waals surface area contributed by atoms with Crippen LogP contribution in [0.4, 0.5) is 13.2 Å². The summed E-state index contributed by atoms with van der Waals surface area (Å²) in [6.45, 7) is 8.25. The van der Waals surface area contributed by atoms with Gasteiger partial charge in [-0.05, 0) is 19.0 Å². The Kier molecular flexibility index (Phi) is 7.28. The van der Waals surface area contributed by atoms with E-state index < -0.39 is 6.36 Å². The van der Waals surface area contributed by atoms with Gasteiger partial charge in [-0.3, -0.25) is 0 Å². The molecule has 1 aromatic carbocycles. The predicted octanol–water partition coefficient (Wildman–Crippen LogP) is 3.17. The highest BCUT2D eigenvalue weighted by molar-refractivity contribution is 5.38. The molecule has 1 aromatic rings. The monoisotopic (exact) mass is 358 g/mol. The van der Waals surface area contributed by atoms with E-state index in [0.29, 0.717) is 12.0 Å². The van der Waals surface area contributed by atoms with Crippen LogP contribution in [0.1, 0.15) is 17.9 Å². The van der Waals surface area contributed by atoms with Crippen molar-refractivity contribution in [3.63, 3.8) is 0 Å². The minimum absolute atomic E-state index is 0.177. The molecule has 1 aliphatic heterocycles. The molecule has 25 heavy (non-hydrogen) atoms. The van der Waals surface area contributed by atoms with Gasteiger partial charge in [-0.25, -0.2) is 0 Å². The minimum Gasteiger partial charge on any atom is -0.405 e. The number of hydrogen-bond donors (Lipinski definition) is 1. The topological polar surface area (TPSA) is 33.7 Å². The summed E-state index contributed by atoms with van der Waals surface area (Å²) in [6, 6.07) is 6.26. The predicted molar refractivity (Wildman–Crippen MR) is 90.8 cm³/mol. The lowest BCUT2D eigenvalue weighted by molar-refractivity contribution is -0.275. The second-order valence-corrected chi connectivity index (χ2v) is 6.01. The first-order valence-electron chi connectivity index (χ1n) is 8.37. The van der Waals surface area contributed by atoms with E-state index in [-0.39, 0.29) is 17.8 Å². The van der Waals surface area contributed by atoms with Crippen LogP contribution in [0.5, 0.6) is 5.75 Å². The first-order valence-corrected chi connectivity index (χ1v) is 8.37. The van der Waals surface area contributed by atoms with E-state index in [2.05, 4.69) is 21.5 Å². The van der Waals surface area contributed by atoms with Crippen molar-refractivity contribution in [2.45, 2.75) is 24.8 Å². The van der Waals surface area contributed by atoms with Gasteiger partial charge in [0.25, 0.3) is 0 Å². The number of alkyl halides is 3. The van der Waals surface area contributed by atoms with Crippen LogP contribution in [0.25, 0.3) is 0 Å². The lowest BCUT2D eigenvalue weighted by Crippen LogP contribution is -2.44. The second-order valence-electron chi connectivity index (χ2n) is 6.01. The van der Waals surface area contributed by atoms with E-state index in [1.807, 2.05) is 0 Å². The van der Waals surface area contributed by atoms with E-state index in [1.54, 1.807) is 18.2 Å². The molecule has 2 unspecified atom stereocenters. The summed E-state index contributed by atoms with van der Waals surface area (Å²) in [5.41, 5.74) is 0.488. The maximum absolute atomic E-state index is 12.7. The number of nitrogens with one attached hydrogen (secondary N) is 1. The Bertz CT molecular complexity index is 545. The summed E-state index contributed by atoms with van der Waals surface area (Å²) in [7, 11) is 1.54. The quantitative estimate of drug-likeness (QED) is 0.724. The molecule has 0 radical (unpaired) electrons. The first-order chi connectivity index (χ1) is 11.9. The molecule has 1 fully saturated rings. The standard InChI is InChI=1S/C18H25F3N2O2/c1-3-16(24-2)15(8-11-23-12-9-22-10-13-23)14-6-4-5-7-17(14)25-18(19,20)21/h3-7,15-16,22H,1,8-13H2,2H3. The molecule has 2 rings (SSSR count). The number of nitrogens with zero attached hydrogens (tertiary/aromatic N) is 1. The number of hydrogen-bond acceptors (Lipinski definition) is 4. The van der Waals surface area contributed by atoms with Crippen LogP contribution in [-0.2, 0) is 4.74 Å². The molecule has 4 nitrogen and oxygen atoms in total. The van der Waals surface area contributed by atoms with Crippen LogP contribution in [0, 0.1) is 0 Å². The number of methoxy groups -OCH3 is 1. The van der Waals surface area contributed by atoms with Crippen LogP contribution in [-0.4, -0.2) is 57.2 Å². The molecule has 2 atom stereocenters. The van der Waals surface area contributed by atoms with E-state index in [0.717, 1.165) is 32.7 Å². The molecule has 1 heterocycles. The maximum atomic E-state index is 12.7. The molecule has 0 spiro atoms. The van der Waals surface area contributed by atoms with Gasteiger partial charge < -0.3 is 19.7 Å². The highest BCUT2D eigenvalue weighted by Gasteiger charge is 2.34. The van der Waals surface area contributed by atoms with Gasteiger partial charge in [-0.1, -0.05) is 24.3 Å². The summed E-state index contributed by atoms with van der Waals surface area (Å²) < 4.78 is 47.9. The normalized spacial score (nSPS) is 18.6. The number of piperazine rings is 1. The smallest absolute Gasteiger partial charge is 0.405 e. The first kappa shape index (κ1) is 19.8. The van der Waals surface area contributed by atoms with Crippen molar-refractivity contribution in [3.8, 4) is 5.75 Å². The van der Waals surface area contributed by atoms with Crippen molar-refractivity contribution < 1.29 is 22.6 Å². The fourth-order valence-electron chi connectivity index (χ4n) is 3.18. The number of para-hydroxylation sites is 1. The van der Waals surface area contributed by atoms with Crippen LogP contribution >= 0.6 is 0 Å². The molecule has 7 heteroatoms. The Labute approximate surface area is 146 Å². The molecule has 0 saturated carbocycles. The van der Waals surface area contributed by atoms with Gasteiger partial charge in [-0.2, -0.15) is 0 Å². The van der Waals surface area contributed by atoms with Gasteiger partial charge >= 0.3 is 6.36 Å². The summed E-state index contributed by atoms with van der Waals surface area (Å²) in [5, 5.41) is 3.29. The molecule has 0 aliphatic carbocycles. The zero-order valence-electron chi connectivity index (χ0n) is 14.4. The van der Waals surface area contributed by atoms with Crippen molar-refractivity contribution in [3.05, 3.63) is 42.5 Å². The molecule has 1 saturated heterocycles. The third-order valence-corrected chi connectivity index (χ3v) is 4.41. The molecular formula is C18H25F3N2O2. The number of benzene rings is 1. The zero-order valence-corrected chi connectivity index (χ0v) is 14.4. The highest BCUT2D eigenvalue weighted by atomic mass is 19.4. The SMILES string of the molecule is C=CC(OC)C(CCN1CCNCC1)c1ccccc1OC(F)(F)F. The van der Waals surface area contributed by atoms with Gasteiger partial charge in [0.2, 0.25) is 0 Å². The summed E-state index contributed by atoms with van der Waals surface area (Å²) >= 11 is 0. The summed E-state index contributed by atoms with van der Waals surface area (Å²) in [4.78, 5) is 2.30. The fourth-order valence-corrected chi connectivity index (χ4v) is 3.18. The minimum atomic E-state index is -4.73. The van der Waals surface area contributed by atoms with Gasteiger partial charge in [0.05, 0.1) is 6.10 Å². The van der Waals surface area contributed by atoms with Gasteiger partial charge in [0.1, 0.15) is 5.75 Å². The number of ether oxygens (including phenoxy) is 2. The third-order valence-electron chi connectivity index (χ3n) is 4.41. The largest absolute Gasteiger partial charge is 0.573 e. The van der Waals surface area contributed by atoms with Gasteiger partial charge in [0.15, 0.2) is 0 Å². The second kappa shape index (κ2) is 9.22. The van der Waals surface area contributed by atoms with Crippen LogP contribution in [0.3, 0.4) is 0 Å². The van der Waals surface area contributed by atoms with Crippen molar-refractivity contribution in [1.82, 2.24) is 10.2 Å². The Morgan fingerprint density at radius 2 is 1.96 bits per heavy atom. The Hall–Kier alpha value is -1.57. The average Bonchev–Trinajstić information content (AvgIpc) is 2.59. The van der Waals surface area contributed by atoms with Gasteiger partial charge in [0, 0.05) is 44.8 Å². The summed E-state index contributed by atoms with van der Waals surface area (Å²) in [5.74, 6) is -0.444. The van der Waals surface area contributed by atoms with Crippen molar-refractivity contribution in [2.24, 2.45) is 0 Å². The number of rotatable bonds is 8. The molecular weight excluding hydrogens is 333 g/mol. The highest BCUT2D eigenvalue weighted by Crippen LogP contribution is 2.36. The van der Waals surface area contributed by atoms with Crippen LogP contribution in [0.2, 0.25) is 0 Å². The zero-order chi connectivity index (χ0) is 18.3. The lowest BCUT2D eigenvalue weighted by atomic mass is 9.89. The van der Waals surface area contributed by atoms with E-state index in [9.17, 15) is 13.2 Å². The van der Waals surface area contributed by atoms with Crippen LogP contribution in [0.15, 0.2) is 36.9 Å². The molecule has 0 amide bonds. The Morgan fingerprint density at radius 1 is 1.28 bits per heavy atom. The molecule has 1 aliphatic rings. The van der Waals surface area contributed by atoms with Gasteiger partial charge in [-0.15, -0.1) is 19.8 Å². The third kappa shape index (κ3) is 6.02.